The van der Waals surface area contributed by atoms with Crippen molar-refractivity contribution in [2.24, 2.45) is 16.6 Å². The molecule has 0 saturated carbocycles. The van der Waals surface area contributed by atoms with Crippen molar-refractivity contribution >= 4 is 39.5 Å². The second-order valence-electron chi connectivity index (χ2n) is 8.37. The quantitative estimate of drug-likeness (QED) is 0.546. The predicted octanol–water partition coefficient (Wildman–Crippen LogP) is 4.23. The summed E-state index contributed by atoms with van der Waals surface area (Å²) >= 11 is 3.38. The van der Waals surface area contributed by atoms with Crippen LogP contribution in [0.3, 0.4) is 0 Å². The van der Waals surface area contributed by atoms with E-state index < -0.39 is 5.54 Å². The molecule has 1 atom stereocenters. The molecular weight excluding hydrogens is 458 g/mol. The first-order valence-electron chi connectivity index (χ1n) is 10.2. The van der Waals surface area contributed by atoms with Gasteiger partial charge < -0.3 is 16.4 Å². The van der Waals surface area contributed by atoms with Crippen LogP contribution in [0.2, 0.25) is 0 Å². The molecule has 0 saturated heterocycles. The number of nitrogens with two attached hydrogens (primary N) is 1. The molecule has 164 valence electrons. The molecule has 1 aliphatic rings. The first kappa shape index (κ1) is 22.8. The molecular formula is C23H28BrN5O2. The molecule has 31 heavy (non-hydrogen) atoms. The van der Waals surface area contributed by atoms with E-state index in [-0.39, 0.29) is 17.9 Å². The van der Waals surface area contributed by atoms with Crippen LogP contribution in [0.15, 0.2) is 58.0 Å². The third-order valence-corrected chi connectivity index (χ3v) is 5.54. The lowest BCUT2D eigenvalue weighted by Gasteiger charge is -2.23. The van der Waals surface area contributed by atoms with Crippen molar-refractivity contribution in [2.75, 3.05) is 5.32 Å². The average Bonchev–Trinajstić information content (AvgIpc) is 2.89. The molecule has 8 heteroatoms. The summed E-state index contributed by atoms with van der Waals surface area (Å²) in [5, 5.41) is 5.63. The van der Waals surface area contributed by atoms with Crippen LogP contribution in [0.1, 0.15) is 38.3 Å². The minimum atomic E-state index is -0.788. The molecule has 0 fully saturated rings. The maximum absolute atomic E-state index is 12.9. The fourth-order valence-electron chi connectivity index (χ4n) is 3.71. The van der Waals surface area contributed by atoms with E-state index in [0.29, 0.717) is 31.1 Å². The van der Waals surface area contributed by atoms with Crippen molar-refractivity contribution in [3.05, 3.63) is 64.1 Å². The van der Waals surface area contributed by atoms with Crippen molar-refractivity contribution in [3.8, 4) is 0 Å². The van der Waals surface area contributed by atoms with Gasteiger partial charge in [-0.3, -0.25) is 9.69 Å². The number of carbonyl (C=O) groups is 2. The fraction of sp³-hybridized carbons (Fsp3) is 0.348. The summed E-state index contributed by atoms with van der Waals surface area (Å²) in [7, 11) is 0. The molecule has 0 aromatic heterocycles. The van der Waals surface area contributed by atoms with E-state index in [9.17, 15) is 9.59 Å². The summed E-state index contributed by atoms with van der Waals surface area (Å²) in [5.41, 5.74) is 7.87. The van der Waals surface area contributed by atoms with Crippen molar-refractivity contribution in [2.45, 2.75) is 45.8 Å². The monoisotopic (exact) mass is 485 g/mol. The molecule has 3 amide bonds. The number of anilines is 1. The zero-order chi connectivity index (χ0) is 22.6. The number of hydrogen-bond acceptors (Lipinski definition) is 4. The van der Waals surface area contributed by atoms with Gasteiger partial charge in [-0.05, 0) is 48.6 Å². The number of nitrogens with one attached hydrogen (secondary N) is 2. The SMILES string of the molecule is CC(C)CC1(C)N=C(N)N(Cc2ccc(CNC(=O)Nc3cccc(Br)c3)cc2)C1=O. The van der Waals surface area contributed by atoms with Gasteiger partial charge in [0.05, 0.1) is 6.54 Å². The third-order valence-electron chi connectivity index (χ3n) is 5.05. The van der Waals surface area contributed by atoms with E-state index in [1.165, 1.54) is 0 Å². The summed E-state index contributed by atoms with van der Waals surface area (Å²) in [4.78, 5) is 30.9. The summed E-state index contributed by atoms with van der Waals surface area (Å²) in [6, 6.07) is 14.8. The van der Waals surface area contributed by atoms with Crippen molar-refractivity contribution in [1.29, 1.82) is 0 Å². The molecule has 2 aromatic carbocycles. The van der Waals surface area contributed by atoms with Crippen molar-refractivity contribution < 1.29 is 9.59 Å². The second-order valence-corrected chi connectivity index (χ2v) is 9.28. The Hall–Kier alpha value is -2.87. The van der Waals surface area contributed by atoms with Gasteiger partial charge in [-0.25, -0.2) is 9.79 Å². The number of hydrogen-bond donors (Lipinski definition) is 3. The van der Waals surface area contributed by atoms with Crippen LogP contribution in [0.25, 0.3) is 0 Å². The maximum atomic E-state index is 12.9. The maximum Gasteiger partial charge on any atom is 0.319 e. The molecule has 0 radical (unpaired) electrons. The molecule has 0 spiro atoms. The van der Waals surface area contributed by atoms with E-state index in [1.807, 2.05) is 55.5 Å². The molecule has 7 nitrogen and oxygen atoms in total. The third kappa shape index (κ3) is 5.85. The Morgan fingerprint density at radius 1 is 1.19 bits per heavy atom. The van der Waals surface area contributed by atoms with Gasteiger partial charge in [0.2, 0.25) is 0 Å². The van der Waals surface area contributed by atoms with Crippen LogP contribution >= 0.6 is 15.9 Å². The number of rotatable bonds is 7. The van der Waals surface area contributed by atoms with Crippen molar-refractivity contribution in [1.82, 2.24) is 10.2 Å². The number of amides is 3. The molecule has 4 N–H and O–H groups in total. The molecule has 0 bridgehead atoms. The summed E-state index contributed by atoms with van der Waals surface area (Å²) in [6.07, 6.45) is 0.662. The van der Waals surface area contributed by atoms with E-state index >= 15 is 0 Å². The number of guanidine groups is 1. The molecule has 1 heterocycles. The average molecular weight is 486 g/mol. The smallest absolute Gasteiger partial charge is 0.319 e. The minimum absolute atomic E-state index is 0.0614. The van der Waals surface area contributed by atoms with Crippen LogP contribution in [0.5, 0.6) is 0 Å². The van der Waals surface area contributed by atoms with Gasteiger partial charge in [-0.1, -0.05) is 60.1 Å². The Bertz CT molecular complexity index is 990. The van der Waals surface area contributed by atoms with Gasteiger partial charge in [-0.2, -0.15) is 0 Å². The first-order valence-corrected chi connectivity index (χ1v) is 11.0. The van der Waals surface area contributed by atoms with Gasteiger partial charge in [0.1, 0.15) is 5.54 Å². The predicted molar refractivity (Wildman–Crippen MR) is 126 cm³/mol. The van der Waals surface area contributed by atoms with Crippen LogP contribution in [0.4, 0.5) is 10.5 Å². The van der Waals surface area contributed by atoms with Gasteiger partial charge in [0.25, 0.3) is 5.91 Å². The number of nitrogens with zero attached hydrogens (tertiary/aromatic N) is 2. The first-order chi connectivity index (χ1) is 14.7. The normalized spacial score (nSPS) is 18.3. The van der Waals surface area contributed by atoms with Gasteiger partial charge in [0.15, 0.2) is 5.96 Å². The Kier molecular flexibility index (Phi) is 7.00. The molecule has 1 unspecified atom stereocenters. The number of aliphatic imine (C=N–C) groups is 1. The van der Waals surface area contributed by atoms with Crippen LogP contribution < -0.4 is 16.4 Å². The Balaban J connectivity index is 1.54. The topological polar surface area (TPSA) is 99.8 Å². The summed E-state index contributed by atoms with van der Waals surface area (Å²) in [5.74, 6) is 0.551. The fourth-order valence-corrected chi connectivity index (χ4v) is 4.10. The van der Waals surface area contributed by atoms with E-state index in [4.69, 9.17) is 5.73 Å². The number of urea groups is 1. The zero-order valence-electron chi connectivity index (χ0n) is 18.0. The summed E-state index contributed by atoms with van der Waals surface area (Å²) in [6.45, 7) is 6.74. The lowest BCUT2D eigenvalue weighted by molar-refractivity contribution is -0.131. The van der Waals surface area contributed by atoms with E-state index in [1.54, 1.807) is 4.90 Å². The van der Waals surface area contributed by atoms with Crippen LogP contribution in [-0.4, -0.2) is 28.3 Å². The number of carbonyl (C=O) groups excluding carboxylic acids is 2. The molecule has 1 aliphatic heterocycles. The minimum Gasteiger partial charge on any atom is -0.369 e. The Labute approximate surface area is 191 Å². The zero-order valence-corrected chi connectivity index (χ0v) is 19.6. The highest BCUT2D eigenvalue weighted by molar-refractivity contribution is 9.10. The molecule has 0 aliphatic carbocycles. The van der Waals surface area contributed by atoms with Crippen LogP contribution in [-0.2, 0) is 17.9 Å². The molecule has 3 rings (SSSR count). The van der Waals surface area contributed by atoms with Gasteiger partial charge >= 0.3 is 6.03 Å². The highest BCUT2D eigenvalue weighted by atomic mass is 79.9. The lowest BCUT2D eigenvalue weighted by Crippen LogP contribution is -2.43. The van der Waals surface area contributed by atoms with E-state index in [0.717, 1.165) is 15.6 Å². The number of halogens is 1. The highest BCUT2D eigenvalue weighted by Crippen LogP contribution is 2.29. The van der Waals surface area contributed by atoms with Crippen molar-refractivity contribution in [3.63, 3.8) is 0 Å². The number of benzene rings is 2. The lowest BCUT2D eigenvalue weighted by atomic mass is 9.91. The Morgan fingerprint density at radius 2 is 1.87 bits per heavy atom. The van der Waals surface area contributed by atoms with E-state index in [2.05, 4.69) is 45.4 Å². The molecule has 2 aromatic rings. The second kappa shape index (κ2) is 9.51. The summed E-state index contributed by atoms with van der Waals surface area (Å²) < 4.78 is 0.896. The van der Waals surface area contributed by atoms with Gasteiger partial charge in [0, 0.05) is 16.7 Å². The largest absolute Gasteiger partial charge is 0.369 e. The van der Waals surface area contributed by atoms with Gasteiger partial charge in [-0.15, -0.1) is 0 Å². The Morgan fingerprint density at radius 3 is 2.52 bits per heavy atom. The standard InChI is InChI=1S/C23H28BrN5O2/c1-15(2)12-23(3)20(30)29(21(25)28-23)14-17-9-7-16(8-10-17)13-26-22(31)27-19-6-4-5-18(24)11-19/h4-11,15H,12-14H2,1-3H3,(H2,25,28)(H2,26,27,31). The highest BCUT2D eigenvalue weighted by Gasteiger charge is 2.43. The van der Waals surface area contributed by atoms with Crippen LogP contribution in [0, 0.1) is 5.92 Å².